The molecule has 2 aliphatic heterocycles. The van der Waals surface area contributed by atoms with Crippen LogP contribution in [0, 0.1) is 6.92 Å². The Morgan fingerprint density at radius 2 is 1.43 bits per heavy atom. The maximum atomic E-state index is 13.9. The fourth-order valence-electron chi connectivity index (χ4n) is 7.32. The van der Waals surface area contributed by atoms with E-state index in [1.165, 1.54) is 15.4 Å². The number of amides is 1. The quantitative estimate of drug-likeness (QED) is 0.157. The van der Waals surface area contributed by atoms with Gasteiger partial charge in [-0.05, 0) is 47.7 Å². The van der Waals surface area contributed by atoms with Crippen LogP contribution in [0.4, 0.5) is 13.2 Å². The first-order chi connectivity index (χ1) is 25.2. The van der Waals surface area contributed by atoms with E-state index in [1.54, 1.807) is 6.92 Å². The van der Waals surface area contributed by atoms with E-state index in [4.69, 9.17) is 20.5 Å². The maximum Gasteiger partial charge on any atom is 0.471 e. The number of nitrogens with one attached hydrogen (secondary N) is 1. The number of hydrogen-bond donors (Lipinski definition) is 1. The molecule has 2 saturated heterocycles. The van der Waals surface area contributed by atoms with Crippen molar-refractivity contribution in [2.45, 2.75) is 49.9 Å². The molecule has 0 saturated carbocycles. The second-order valence-electron chi connectivity index (χ2n) is 13.3. The SMILES string of the molecule is Cc1cn(C2CN(C(c3ccccc3)(c3ccccc3)c3ccccc3)CC(COP(=O)(Cl)N3CCC(N(C)C(=O)C(F)(F)F)CC3)O2)c(=O)[nH]c1=O. The average molecular weight is 774 g/mol. The molecule has 282 valence electrons. The van der Waals surface area contributed by atoms with Gasteiger partial charge in [-0.15, -0.1) is 0 Å². The molecule has 0 spiro atoms. The average Bonchev–Trinajstić information content (AvgIpc) is 3.16. The molecular weight excluding hydrogens is 734 g/mol. The minimum atomic E-state index is -5.00. The molecule has 1 amide bonds. The molecule has 0 radical (unpaired) electrons. The summed E-state index contributed by atoms with van der Waals surface area (Å²) < 4.78 is 68.1. The van der Waals surface area contributed by atoms with Crippen molar-refractivity contribution in [3.63, 3.8) is 0 Å². The zero-order valence-corrected chi connectivity index (χ0v) is 30.8. The van der Waals surface area contributed by atoms with Crippen LogP contribution in [0.3, 0.4) is 0 Å². The topological polar surface area (TPSA) is 117 Å². The molecule has 0 aliphatic carbocycles. The van der Waals surface area contributed by atoms with E-state index in [-0.39, 0.29) is 45.6 Å². The van der Waals surface area contributed by atoms with Crippen LogP contribution >= 0.6 is 18.1 Å². The lowest BCUT2D eigenvalue weighted by atomic mass is 9.75. The number of hydrogen-bond acceptors (Lipinski definition) is 7. The smallest absolute Gasteiger partial charge is 0.350 e. The van der Waals surface area contributed by atoms with Crippen molar-refractivity contribution in [1.29, 1.82) is 0 Å². The number of nitrogens with zero attached hydrogens (tertiary/aromatic N) is 4. The van der Waals surface area contributed by atoms with Crippen LogP contribution in [-0.2, 0) is 24.2 Å². The number of alkyl halides is 3. The Bertz CT molecular complexity index is 1950. The van der Waals surface area contributed by atoms with Crippen molar-refractivity contribution in [1.82, 2.24) is 24.0 Å². The molecule has 3 heterocycles. The maximum absolute atomic E-state index is 13.9. The van der Waals surface area contributed by atoms with Gasteiger partial charge in [0.05, 0.1) is 18.2 Å². The third-order valence-electron chi connectivity index (χ3n) is 9.96. The van der Waals surface area contributed by atoms with Crippen LogP contribution in [0.2, 0.25) is 0 Å². The number of aromatic amines is 1. The van der Waals surface area contributed by atoms with Crippen molar-refractivity contribution >= 4 is 24.0 Å². The van der Waals surface area contributed by atoms with Gasteiger partial charge in [-0.25, -0.2) is 9.46 Å². The van der Waals surface area contributed by atoms with Gasteiger partial charge < -0.3 is 14.2 Å². The van der Waals surface area contributed by atoms with E-state index in [0.29, 0.717) is 10.5 Å². The van der Waals surface area contributed by atoms with Crippen molar-refractivity contribution in [3.8, 4) is 0 Å². The molecule has 4 aromatic rings. The predicted molar refractivity (Wildman–Crippen MR) is 194 cm³/mol. The van der Waals surface area contributed by atoms with Gasteiger partial charge in [0.15, 0.2) is 6.23 Å². The van der Waals surface area contributed by atoms with Gasteiger partial charge in [-0.2, -0.15) is 13.2 Å². The molecule has 11 nitrogen and oxygen atoms in total. The zero-order valence-electron chi connectivity index (χ0n) is 29.1. The zero-order chi connectivity index (χ0) is 38.0. The molecule has 53 heavy (non-hydrogen) atoms. The van der Waals surface area contributed by atoms with Gasteiger partial charge in [-0.1, -0.05) is 91.0 Å². The largest absolute Gasteiger partial charge is 0.471 e. The van der Waals surface area contributed by atoms with Crippen molar-refractivity contribution in [2.24, 2.45) is 0 Å². The minimum Gasteiger partial charge on any atom is -0.350 e. The van der Waals surface area contributed by atoms with Gasteiger partial charge in [-0.3, -0.25) is 28.6 Å². The van der Waals surface area contributed by atoms with Gasteiger partial charge in [0.2, 0.25) is 0 Å². The molecule has 1 aromatic heterocycles. The summed E-state index contributed by atoms with van der Waals surface area (Å²) in [5.41, 5.74) is 0.975. The number of morpholine rings is 1. The van der Waals surface area contributed by atoms with Crippen LogP contribution in [0.25, 0.3) is 0 Å². The van der Waals surface area contributed by atoms with Gasteiger partial charge in [0.1, 0.15) is 0 Å². The van der Waals surface area contributed by atoms with Crippen LogP contribution in [0.5, 0.6) is 0 Å². The summed E-state index contributed by atoms with van der Waals surface area (Å²) in [4.78, 5) is 42.6. The number of aryl methyl sites for hydroxylation is 1. The molecule has 3 aromatic carbocycles. The van der Waals surface area contributed by atoms with E-state index < -0.39 is 54.1 Å². The normalized spacial score (nSPS) is 20.5. The summed E-state index contributed by atoms with van der Waals surface area (Å²) in [5.74, 6) is -1.94. The molecule has 3 unspecified atom stereocenters. The number of halogens is 4. The summed E-state index contributed by atoms with van der Waals surface area (Å²) >= 11 is 6.56. The fraction of sp³-hybridized carbons (Fsp3) is 0.378. The first-order valence-electron chi connectivity index (χ1n) is 17.1. The number of ether oxygens (including phenoxy) is 1. The summed E-state index contributed by atoms with van der Waals surface area (Å²) in [5, 5.41) is 0. The van der Waals surface area contributed by atoms with Crippen LogP contribution in [0.1, 0.15) is 41.3 Å². The molecule has 16 heteroatoms. The molecule has 6 rings (SSSR count). The minimum absolute atomic E-state index is 0.0341. The van der Waals surface area contributed by atoms with Gasteiger partial charge in [0, 0.05) is 51.0 Å². The molecule has 1 N–H and O–H groups in total. The molecule has 3 atom stereocenters. The Kier molecular flexibility index (Phi) is 11.5. The molecule has 2 fully saturated rings. The van der Waals surface area contributed by atoms with Crippen molar-refractivity contribution < 1.29 is 31.8 Å². The van der Waals surface area contributed by atoms with Gasteiger partial charge >= 0.3 is 24.6 Å². The Morgan fingerprint density at radius 3 is 1.92 bits per heavy atom. The number of H-pyrrole nitrogens is 1. The number of carbonyl (C=O) groups excluding carboxylic acids is 1. The summed E-state index contributed by atoms with van der Waals surface area (Å²) in [6, 6.07) is 29.0. The number of rotatable bonds is 10. The Hall–Kier alpha value is -4.04. The number of benzene rings is 3. The first-order valence-corrected chi connectivity index (χ1v) is 19.6. The lowest BCUT2D eigenvalue weighted by Gasteiger charge is -2.50. The van der Waals surface area contributed by atoms with Crippen molar-refractivity contribution in [3.05, 3.63) is 140 Å². The van der Waals surface area contributed by atoms with E-state index in [9.17, 15) is 32.1 Å². The lowest BCUT2D eigenvalue weighted by molar-refractivity contribution is -0.186. The van der Waals surface area contributed by atoms with Crippen LogP contribution < -0.4 is 11.2 Å². The predicted octanol–water partition coefficient (Wildman–Crippen LogP) is 5.89. The number of carbonyl (C=O) groups is 1. The third kappa shape index (κ3) is 8.08. The van der Waals surface area contributed by atoms with E-state index in [2.05, 4.69) is 9.88 Å². The molecule has 2 aliphatic rings. The van der Waals surface area contributed by atoms with E-state index in [1.807, 2.05) is 91.0 Å². The first kappa shape index (κ1) is 38.7. The summed E-state index contributed by atoms with van der Waals surface area (Å²) in [6.07, 6.45) is -5.10. The molecule has 0 bridgehead atoms. The Balaban J connectivity index is 1.34. The highest BCUT2D eigenvalue weighted by Gasteiger charge is 2.48. The summed E-state index contributed by atoms with van der Waals surface area (Å²) in [7, 11) is 1.10. The number of piperidine rings is 1. The Morgan fingerprint density at radius 1 is 0.925 bits per heavy atom. The highest BCUT2D eigenvalue weighted by molar-refractivity contribution is 7.83. The van der Waals surface area contributed by atoms with Crippen molar-refractivity contribution in [2.75, 3.05) is 39.8 Å². The fourth-order valence-corrected chi connectivity index (χ4v) is 9.17. The number of aromatic nitrogens is 2. The monoisotopic (exact) mass is 773 g/mol. The highest BCUT2D eigenvalue weighted by atomic mass is 35.7. The van der Waals surface area contributed by atoms with Gasteiger partial charge in [0.25, 0.3) is 5.56 Å². The highest BCUT2D eigenvalue weighted by Crippen LogP contribution is 2.57. The second kappa shape index (κ2) is 15.7. The van der Waals surface area contributed by atoms with Crippen LogP contribution in [0.15, 0.2) is 107 Å². The summed E-state index contributed by atoms with van der Waals surface area (Å²) in [6.45, 7) is -2.26. The van der Waals surface area contributed by atoms with E-state index in [0.717, 1.165) is 23.7 Å². The second-order valence-corrected chi connectivity index (χ2v) is 16.3. The Labute approximate surface area is 309 Å². The lowest BCUT2D eigenvalue weighted by Crippen LogP contribution is -2.58. The molecular formula is C37H40ClF3N5O6P. The third-order valence-corrected chi connectivity index (χ3v) is 12.4. The van der Waals surface area contributed by atoms with E-state index >= 15 is 0 Å². The standard InChI is InChI=1S/C37H40ClF3N5O6P/c1-26-22-46(35(49)42-33(26)47)32-24-44(36(27-12-6-3-7-13-27,28-14-8-4-9-15-28)29-16-10-5-11-17-29)23-31(52-32)25-51-53(38,50)45-20-18-30(19-21-45)43(2)34(48)37(39,40)41/h3-17,22,30-32H,18-21,23-25H2,1-2H3,(H,42,47,49). The van der Waals surface area contributed by atoms with Crippen LogP contribution in [-0.4, -0.2) is 88.1 Å².